The highest BCUT2D eigenvalue weighted by Gasteiger charge is 2.12. The molecule has 0 N–H and O–H groups in total. The van der Waals surface area contributed by atoms with Crippen LogP contribution in [0.15, 0.2) is 69.6 Å². The van der Waals surface area contributed by atoms with E-state index in [0.29, 0.717) is 32.7 Å². The van der Waals surface area contributed by atoms with E-state index in [9.17, 15) is 4.79 Å². The van der Waals surface area contributed by atoms with Gasteiger partial charge in [-0.1, -0.05) is 45.2 Å². The Balaban J connectivity index is 1.81. The number of carbonyl (C=O) groups is 1. The first-order chi connectivity index (χ1) is 11.5. The molecule has 2 nitrogen and oxygen atoms in total. The summed E-state index contributed by atoms with van der Waals surface area (Å²) in [6.07, 6.45) is 3.10. The summed E-state index contributed by atoms with van der Waals surface area (Å²) in [6, 6.07) is 16.0. The maximum absolute atomic E-state index is 12.1. The molecular formula is C19H11BrCl2O2. The molecule has 0 atom stereocenters. The number of rotatable bonds is 4. The normalized spacial score (nSPS) is 11.1. The molecule has 0 aliphatic rings. The average molecular weight is 422 g/mol. The Morgan fingerprint density at radius 3 is 2.29 bits per heavy atom. The van der Waals surface area contributed by atoms with Crippen LogP contribution in [0.3, 0.4) is 0 Å². The van der Waals surface area contributed by atoms with Crippen LogP contribution in [-0.4, -0.2) is 5.78 Å². The van der Waals surface area contributed by atoms with Crippen LogP contribution in [0.4, 0.5) is 0 Å². The standard InChI is InChI=1S/C19H11BrCl2O2/c20-13-6-4-12(5-7-13)17(23)10-8-14-9-11-18(24-14)19-15(21)2-1-3-16(19)22/h1-11H/b10-8+. The predicted octanol–water partition coefficient (Wildman–Crippen LogP) is 6.91. The SMILES string of the molecule is O=C(/C=C/c1ccc(-c2c(Cl)cccc2Cl)o1)c1ccc(Br)cc1. The van der Waals surface area contributed by atoms with E-state index in [4.69, 9.17) is 27.6 Å². The first kappa shape index (κ1) is 17.0. The second-order valence-corrected chi connectivity index (χ2v) is 6.73. The summed E-state index contributed by atoms with van der Waals surface area (Å²) in [5.74, 6) is 1.00. The molecular weight excluding hydrogens is 411 g/mol. The van der Waals surface area contributed by atoms with Crippen molar-refractivity contribution in [2.45, 2.75) is 0 Å². The van der Waals surface area contributed by atoms with Crippen molar-refractivity contribution in [2.24, 2.45) is 0 Å². The monoisotopic (exact) mass is 420 g/mol. The number of benzene rings is 2. The van der Waals surface area contributed by atoms with Gasteiger partial charge in [-0.2, -0.15) is 0 Å². The molecule has 0 unspecified atom stereocenters. The lowest BCUT2D eigenvalue weighted by Crippen LogP contribution is -1.92. The molecule has 1 aromatic heterocycles. The Morgan fingerprint density at radius 2 is 1.62 bits per heavy atom. The predicted molar refractivity (Wildman–Crippen MR) is 102 cm³/mol. The molecule has 120 valence electrons. The number of hydrogen-bond acceptors (Lipinski definition) is 2. The maximum atomic E-state index is 12.1. The Morgan fingerprint density at radius 1 is 0.958 bits per heavy atom. The third-order valence-electron chi connectivity index (χ3n) is 3.36. The van der Waals surface area contributed by atoms with Gasteiger partial charge in [0, 0.05) is 10.0 Å². The minimum Gasteiger partial charge on any atom is -0.457 e. The molecule has 0 fully saturated rings. The lowest BCUT2D eigenvalue weighted by atomic mass is 10.1. The van der Waals surface area contributed by atoms with Crippen molar-refractivity contribution in [1.82, 2.24) is 0 Å². The van der Waals surface area contributed by atoms with Crippen molar-refractivity contribution in [3.63, 3.8) is 0 Å². The zero-order valence-corrected chi connectivity index (χ0v) is 15.4. The van der Waals surface area contributed by atoms with E-state index in [2.05, 4.69) is 15.9 Å². The van der Waals surface area contributed by atoms with Crippen molar-refractivity contribution >= 4 is 51.0 Å². The molecule has 5 heteroatoms. The number of allylic oxidation sites excluding steroid dienone is 1. The van der Waals surface area contributed by atoms with Gasteiger partial charge in [0.2, 0.25) is 0 Å². The van der Waals surface area contributed by atoms with Gasteiger partial charge in [0.05, 0.1) is 15.6 Å². The number of hydrogen-bond donors (Lipinski definition) is 0. The highest BCUT2D eigenvalue weighted by Crippen LogP contribution is 2.35. The number of ketones is 1. The third kappa shape index (κ3) is 3.81. The number of furan rings is 1. The van der Waals surface area contributed by atoms with Gasteiger partial charge >= 0.3 is 0 Å². The molecule has 3 aromatic rings. The molecule has 0 saturated heterocycles. The maximum Gasteiger partial charge on any atom is 0.185 e. The molecule has 0 bridgehead atoms. The lowest BCUT2D eigenvalue weighted by molar-refractivity contribution is 0.104. The molecule has 24 heavy (non-hydrogen) atoms. The van der Waals surface area contributed by atoms with Gasteiger partial charge in [-0.25, -0.2) is 0 Å². The zero-order chi connectivity index (χ0) is 17.1. The van der Waals surface area contributed by atoms with E-state index in [-0.39, 0.29) is 5.78 Å². The summed E-state index contributed by atoms with van der Waals surface area (Å²) in [7, 11) is 0. The van der Waals surface area contributed by atoms with Gasteiger partial charge in [-0.05, 0) is 60.7 Å². The molecule has 0 aliphatic carbocycles. The van der Waals surface area contributed by atoms with Crippen molar-refractivity contribution in [2.75, 3.05) is 0 Å². The summed E-state index contributed by atoms with van der Waals surface area (Å²) in [6.45, 7) is 0. The quantitative estimate of drug-likeness (QED) is 0.338. The minimum atomic E-state index is -0.101. The Hall–Kier alpha value is -1.81. The van der Waals surface area contributed by atoms with Gasteiger partial charge in [-0.15, -0.1) is 0 Å². The van der Waals surface area contributed by atoms with Crippen LogP contribution in [0.25, 0.3) is 17.4 Å². The summed E-state index contributed by atoms with van der Waals surface area (Å²) < 4.78 is 6.65. The first-order valence-electron chi connectivity index (χ1n) is 7.07. The third-order valence-corrected chi connectivity index (χ3v) is 4.52. The van der Waals surface area contributed by atoms with Crippen LogP contribution in [0, 0.1) is 0 Å². The summed E-state index contributed by atoms with van der Waals surface area (Å²) in [5.41, 5.74) is 1.25. The molecule has 0 radical (unpaired) electrons. The van der Waals surface area contributed by atoms with E-state index in [1.165, 1.54) is 6.08 Å². The van der Waals surface area contributed by atoms with Crippen molar-refractivity contribution in [3.05, 3.63) is 86.5 Å². The number of carbonyl (C=O) groups excluding carboxylic acids is 1. The van der Waals surface area contributed by atoms with Crippen LogP contribution < -0.4 is 0 Å². The molecule has 0 saturated carbocycles. The second-order valence-electron chi connectivity index (χ2n) is 5.00. The van der Waals surface area contributed by atoms with Crippen LogP contribution in [-0.2, 0) is 0 Å². The highest BCUT2D eigenvalue weighted by molar-refractivity contribution is 9.10. The molecule has 0 spiro atoms. The Kier molecular flexibility index (Phi) is 5.24. The molecule has 2 aromatic carbocycles. The minimum absolute atomic E-state index is 0.101. The Labute approximate surface area is 157 Å². The Bertz CT molecular complexity index is 891. The van der Waals surface area contributed by atoms with E-state index >= 15 is 0 Å². The summed E-state index contributed by atoms with van der Waals surface area (Å²) >= 11 is 15.7. The van der Waals surface area contributed by atoms with E-state index in [1.54, 1.807) is 48.5 Å². The van der Waals surface area contributed by atoms with Gasteiger partial charge in [0.25, 0.3) is 0 Å². The average Bonchev–Trinajstić information content (AvgIpc) is 3.02. The summed E-state index contributed by atoms with van der Waals surface area (Å²) in [4.78, 5) is 12.1. The summed E-state index contributed by atoms with van der Waals surface area (Å²) in [5, 5.41) is 1.02. The second kappa shape index (κ2) is 7.39. The number of halogens is 3. The smallest absolute Gasteiger partial charge is 0.185 e. The van der Waals surface area contributed by atoms with Crippen LogP contribution in [0.5, 0.6) is 0 Å². The van der Waals surface area contributed by atoms with Gasteiger partial charge in [0.1, 0.15) is 11.5 Å². The highest BCUT2D eigenvalue weighted by atomic mass is 79.9. The van der Waals surface area contributed by atoms with Gasteiger partial charge in [-0.3, -0.25) is 4.79 Å². The lowest BCUT2D eigenvalue weighted by Gasteiger charge is -2.02. The fourth-order valence-electron chi connectivity index (χ4n) is 2.18. The van der Waals surface area contributed by atoms with E-state index in [1.807, 2.05) is 12.1 Å². The van der Waals surface area contributed by atoms with Crippen molar-refractivity contribution in [3.8, 4) is 11.3 Å². The molecule has 3 rings (SSSR count). The van der Waals surface area contributed by atoms with Crippen molar-refractivity contribution in [1.29, 1.82) is 0 Å². The first-order valence-corrected chi connectivity index (χ1v) is 8.61. The fraction of sp³-hybridized carbons (Fsp3) is 0. The largest absolute Gasteiger partial charge is 0.457 e. The van der Waals surface area contributed by atoms with Crippen molar-refractivity contribution < 1.29 is 9.21 Å². The fourth-order valence-corrected chi connectivity index (χ4v) is 3.03. The van der Waals surface area contributed by atoms with E-state index < -0.39 is 0 Å². The van der Waals surface area contributed by atoms with Gasteiger partial charge in [0.15, 0.2) is 5.78 Å². The van der Waals surface area contributed by atoms with Crippen LogP contribution in [0.2, 0.25) is 10.0 Å². The van der Waals surface area contributed by atoms with E-state index in [0.717, 1.165) is 4.47 Å². The molecule has 1 heterocycles. The van der Waals surface area contributed by atoms with Crippen LogP contribution >= 0.6 is 39.1 Å². The van der Waals surface area contributed by atoms with Crippen LogP contribution in [0.1, 0.15) is 16.1 Å². The molecule has 0 amide bonds. The molecule has 0 aliphatic heterocycles. The van der Waals surface area contributed by atoms with Gasteiger partial charge < -0.3 is 4.42 Å². The topological polar surface area (TPSA) is 30.2 Å². The zero-order valence-electron chi connectivity index (χ0n) is 12.3.